The number of aromatic nitrogens is 1. The van der Waals surface area contributed by atoms with Gasteiger partial charge in [-0.3, -0.25) is 4.79 Å². The summed E-state index contributed by atoms with van der Waals surface area (Å²) in [4.78, 5) is 16.0. The monoisotopic (exact) mass is 240 g/mol. The zero-order chi connectivity index (χ0) is 11.4. The van der Waals surface area contributed by atoms with E-state index in [-0.39, 0.29) is 17.9 Å². The van der Waals surface area contributed by atoms with E-state index in [4.69, 9.17) is 4.74 Å². The fraction of sp³-hybridized carbons (Fsp3) is 0.636. The molecule has 0 aromatic carbocycles. The average molecular weight is 240 g/mol. The topological polar surface area (TPSA) is 51.2 Å². The van der Waals surface area contributed by atoms with Gasteiger partial charge in [0.1, 0.15) is 0 Å². The van der Waals surface area contributed by atoms with Crippen molar-refractivity contribution in [3.63, 3.8) is 0 Å². The SMILES string of the molecule is CC(Cc1cscn1)C(=O)NC1CCOC1. The van der Waals surface area contributed by atoms with Crippen molar-refractivity contribution in [2.75, 3.05) is 13.2 Å². The number of nitrogens with zero attached hydrogens (tertiary/aromatic N) is 1. The Morgan fingerprint density at radius 1 is 1.81 bits per heavy atom. The van der Waals surface area contributed by atoms with Gasteiger partial charge in [0.05, 0.1) is 23.9 Å². The van der Waals surface area contributed by atoms with Gasteiger partial charge in [-0.05, 0) is 6.42 Å². The van der Waals surface area contributed by atoms with Crippen LogP contribution in [0.2, 0.25) is 0 Å². The average Bonchev–Trinajstić information content (AvgIpc) is 2.90. The standard InChI is InChI=1S/C11H16N2O2S/c1-8(4-10-6-16-7-12-10)11(14)13-9-2-3-15-5-9/h6-9H,2-5H2,1H3,(H,13,14). The summed E-state index contributed by atoms with van der Waals surface area (Å²) in [6.07, 6.45) is 1.64. The van der Waals surface area contributed by atoms with Crippen LogP contribution in [0.25, 0.3) is 0 Å². The molecular weight excluding hydrogens is 224 g/mol. The van der Waals surface area contributed by atoms with Gasteiger partial charge in [0, 0.05) is 24.3 Å². The predicted octanol–water partition coefficient (Wildman–Crippen LogP) is 1.23. The Hall–Kier alpha value is -0.940. The third-order valence-corrected chi connectivity index (χ3v) is 3.36. The van der Waals surface area contributed by atoms with Gasteiger partial charge in [0.25, 0.3) is 0 Å². The summed E-state index contributed by atoms with van der Waals surface area (Å²) in [6, 6.07) is 0.199. The van der Waals surface area contributed by atoms with Gasteiger partial charge >= 0.3 is 0 Å². The molecule has 16 heavy (non-hydrogen) atoms. The van der Waals surface area contributed by atoms with Crippen LogP contribution in [0.5, 0.6) is 0 Å². The lowest BCUT2D eigenvalue weighted by Gasteiger charge is -2.14. The van der Waals surface area contributed by atoms with E-state index in [2.05, 4.69) is 10.3 Å². The molecule has 0 radical (unpaired) electrons. The number of hydrogen-bond acceptors (Lipinski definition) is 4. The molecule has 2 rings (SSSR count). The molecule has 1 aromatic rings. The summed E-state index contributed by atoms with van der Waals surface area (Å²) in [6.45, 7) is 3.34. The van der Waals surface area contributed by atoms with Crippen molar-refractivity contribution >= 4 is 17.2 Å². The van der Waals surface area contributed by atoms with Gasteiger partial charge in [-0.25, -0.2) is 4.98 Å². The zero-order valence-corrected chi connectivity index (χ0v) is 10.1. The highest BCUT2D eigenvalue weighted by Gasteiger charge is 2.21. The normalized spacial score (nSPS) is 21.9. The van der Waals surface area contributed by atoms with Crippen molar-refractivity contribution in [2.45, 2.75) is 25.8 Å². The maximum Gasteiger partial charge on any atom is 0.223 e. The molecule has 1 saturated heterocycles. The third kappa shape index (κ3) is 3.02. The Kier molecular flexibility index (Phi) is 3.90. The van der Waals surface area contributed by atoms with Crippen LogP contribution < -0.4 is 5.32 Å². The van der Waals surface area contributed by atoms with Crippen molar-refractivity contribution in [2.24, 2.45) is 5.92 Å². The Balaban J connectivity index is 1.79. The molecule has 1 aliphatic heterocycles. The highest BCUT2D eigenvalue weighted by molar-refractivity contribution is 7.07. The predicted molar refractivity (Wildman–Crippen MR) is 62.3 cm³/mol. The van der Waals surface area contributed by atoms with Crippen LogP contribution in [0.3, 0.4) is 0 Å². The van der Waals surface area contributed by atoms with Gasteiger partial charge in [-0.15, -0.1) is 11.3 Å². The van der Waals surface area contributed by atoms with Crippen molar-refractivity contribution in [3.05, 3.63) is 16.6 Å². The molecule has 1 fully saturated rings. The molecule has 0 aliphatic carbocycles. The first-order valence-electron chi connectivity index (χ1n) is 5.51. The molecule has 0 saturated carbocycles. The lowest BCUT2D eigenvalue weighted by molar-refractivity contribution is -0.125. The molecule has 1 N–H and O–H groups in total. The Morgan fingerprint density at radius 2 is 2.69 bits per heavy atom. The highest BCUT2D eigenvalue weighted by atomic mass is 32.1. The first kappa shape index (κ1) is 11.5. The summed E-state index contributed by atoms with van der Waals surface area (Å²) in [7, 11) is 0. The van der Waals surface area contributed by atoms with Crippen LogP contribution in [0.4, 0.5) is 0 Å². The number of amides is 1. The summed E-state index contributed by atoms with van der Waals surface area (Å²) in [5.74, 6) is 0.0752. The van der Waals surface area contributed by atoms with Crippen LogP contribution in [0.1, 0.15) is 19.0 Å². The van der Waals surface area contributed by atoms with Crippen LogP contribution in [-0.4, -0.2) is 30.1 Å². The molecule has 1 aliphatic rings. The number of rotatable bonds is 4. The zero-order valence-electron chi connectivity index (χ0n) is 9.31. The summed E-state index contributed by atoms with van der Waals surface area (Å²) >= 11 is 1.56. The lowest BCUT2D eigenvalue weighted by Crippen LogP contribution is -2.39. The summed E-state index contributed by atoms with van der Waals surface area (Å²) in [5.41, 5.74) is 2.79. The first-order chi connectivity index (χ1) is 7.75. The third-order valence-electron chi connectivity index (χ3n) is 2.72. The van der Waals surface area contributed by atoms with E-state index in [1.807, 2.05) is 12.3 Å². The maximum absolute atomic E-state index is 11.8. The van der Waals surface area contributed by atoms with Crippen molar-refractivity contribution in [1.29, 1.82) is 0 Å². The number of carbonyl (C=O) groups is 1. The smallest absolute Gasteiger partial charge is 0.223 e. The fourth-order valence-corrected chi connectivity index (χ4v) is 2.31. The quantitative estimate of drug-likeness (QED) is 0.861. The van der Waals surface area contributed by atoms with E-state index < -0.39 is 0 Å². The molecule has 4 nitrogen and oxygen atoms in total. The number of ether oxygens (including phenoxy) is 1. The van der Waals surface area contributed by atoms with Crippen molar-refractivity contribution < 1.29 is 9.53 Å². The van der Waals surface area contributed by atoms with Gasteiger partial charge in [0.2, 0.25) is 5.91 Å². The largest absolute Gasteiger partial charge is 0.379 e. The van der Waals surface area contributed by atoms with E-state index >= 15 is 0 Å². The van der Waals surface area contributed by atoms with E-state index in [0.29, 0.717) is 13.0 Å². The lowest BCUT2D eigenvalue weighted by atomic mass is 10.0. The molecule has 2 heterocycles. The second-order valence-electron chi connectivity index (χ2n) is 4.15. The van der Waals surface area contributed by atoms with Gasteiger partial charge in [0.15, 0.2) is 0 Å². The van der Waals surface area contributed by atoms with Crippen LogP contribution in [0, 0.1) is 5.92 Å². The fourth-order valence-electron chi connectivity index (χ4n) is 1.74. The minimum atomic E-state index is -0.0253. The van der Waals surface area contributed by atoms with Crippen molar-refractivity contribution in [1.82, 2.24) is 10.3 Å². The van der Waals surface area contributed by atoms with Gasteiger partial charge in [-0.2, -0.15) is 0 Å². The molecule has 0 spiro atoms. The molecule has 2 atom stereocenters. The minimum absolute atomic E-state index is 0.0253. The molecule has 5 heteroatoms. The number of thiazole rings is 1. The van der Waals surface area contributed by atoms with Crippen LogP contribution >= 0.6 is 11.3 Å². The van der Waals surface area contributed by atoms with E-state index in [1.165, 1.54) is 0 Å². The Bertz CT molecular complexity index is 334. The molecule has 0 bridgehead atoms. The second-order valence-corrected chi connectivity index (χ2v) is 4.87. The van der Waals surface area contributed by atoms with Crippen LogP contribution in [-0.2, 0) is 16.0 Å². The highest BCUT2D eigenvalue weighted by Crippen LogP contribution is 2.10. The molecule has 1 aromatic heterocycles. The summed E-state index contributed by atoms with van der Waals surface area (Å²) < 4.78 is 5.22. The van der Waals surface area contributed by atoms with E-state index in [9.17, 15) is 4.79 Å². The van der Waals surface area contributed by atoms with Gasteiger partial charge < -0.3 is 10.1 Å². The second kappa shape index (κ2) is 5.41. The molecule has 2 unspecified atom stereocenters. The Morgan fingerprint density at radius 3 is 3.31 bits per heavy atom. The number of hydrogen-bond donors (Lipinski definition) is 1. The van der Waals surface area contributed by atoms with Crippen molar-refractivity contribution in [3.8, 4) is 0 Å². The van der Waals surface area contributed by atoms with E-state index in [0.717, 1.165) is 18.7 Å². The van der Waals surface area contributed by atoms with Crippen LogP contribution in [0.15, 0.2) is 10.9 Å². The molecular formula is C11H16N2O2S. The minimum Gasteiger partial charge on any atom is -0.379 e. The van der Waals surface area contributed by atoms with E-state index in [1.54, 1.807) is 16.8 Å². The first-order valence-corrected chi connectivity index (χ1v) is 6.45. The molecule has 1 amide bonds. The maximum atomic E-state index is 11.8. The summed E-state index contributed by atoms with van der Waals surface area (Å²) in [5, 5.41) is 4.99. The Labute approximate surface area is 99.0 Å². The molecule has 88 valence electrons. The number of nitrogens with one attached hydrogen (secondary N) is 1. The van der Waals surface area contributed by atoms with Gasteiger partial charge in [-0.1, -0.05) is 6.92 Å². The number of carbonyl (C=O) groups excluding carboxylic acids is 1.